The summed E-state index contributed by atoms with van der Waals surface area (Å²) in [6.45, 7) is 3.72. The second kappa shape index (κ2) is 10.6. The molecule has 1 N–H and O–H groups in total. The first-order chi connectivity index (χ1) is 18.3. The number of hydrogen-bond acceptors (Lipinski definition) is 8. The molecule has 0 radical (unpaired) electrons. The van der Waals surface area contributed by atoms with Gasteiger partial charge in [0.1, 0.15) is 0 Å². The first-order valence-corrected chi connectivity index (χ1v) is 11.9. The molecule has 1 aliphatic rings. The van der Waals surface area contributed by atoms with Gasteiger partial charge in [0.2, 0.25) is 5.95 Å². The summed E-state index contributed by atoms with van der Waals surface area (Å²) in [5, 5.41) is 4.30. The van der Waals surface area contributed by atoms with Crippen LogP contribution in [-0.4, -0.2) is 57.8 Å². The summed E-state index contributed by atoms with van der Waals surface area (Å²) in [6, 6.07) is 12.5. The molecule has 0 unspecified atom stereocenters. The zero-order chi connectivity index (χ0) is 26.7. The van der Waals surface area contributed by atoms with E-state index in [0.29, 0.717) is 49.2 Å². The van der Waals surface area contributed by atoms with E-state index in [0.717, 1.165) is 17.2 Å². The van der Waals surface area contributed by atoms with Crippen molar-refractivity contribution >= 4 is 34.9 Å². The molecule has 5 rings (SSSR count). The minimum atomic E-state index is -4.65. The molecule has 1 aliphatic heterocycles. The van der Waals surface area contributed by atoms with Crippen LogP contribution in [0.15, 0.2) is 60.0 Å². The van der Waals surface area contributed by atoms with Gasteiger partial charge in [-0.15, -0.1) is 0 Å². The van der Waals surface area contributed by atoms with Crippen molar-refractivity contribution in [2.75, 3.05) is 36.6 Å². The van der Waals surface area contributed by atoms with Gasteiger partial charge < -0.3 is 14.2 Å². The van der Waals surface area contributed by atoms with Crippen molar-refractivity contribution in [1.29, 1.82) is 0 Å². The van der Waals surface area contributed by atoms with Gasteiger partial charge in [-0.05, 0) is 18.6 Å². The maximum absolute atomic E-state index is 13.5. The topological polar surface area (TPSA) is 97.5 Å². The fraction of sp³-hybridized carbons (Fsp3) is 0.269. The van der Waals surface area contributed by atoms with Gasteiger partial charge in [0.25, 0.3) is 0 Å². The summed E-state index contributed by atoms with van der Waals surface area (Å²) in [6.07, 6.45) is -1.64. The normalized spacial score (nSPS) is 14.4. The number of halogens is 3. The summed E-state index contributed by atoms with van der Waals surface area (Å²) in [4.78, 5) is 28.5. The number of benzene rings is 2. The lowest BCUT2D eigenvalue weighted by Crippen LogP contribution is -2.37. The second-order valence-corrected chi connectivity index (χ2v) is 8.77. The van der Waals surface area contributed by atoms with Crippen LogP contribution >= 0.6 is 0 Å². The molecule has 1 fully saturated rings. The number of imidazole rings is 1. The van der Waals surface area contributed by atoms with E-state index < -0.39 is 23.1 Å². The lowest BCUT2D eigenvalue weighted by Gasteiger charge is -2.27. The Kier molecular flexibility index (Phi) is 7.05. The molecule has 3 heterocycles. The first kappa shape index (κ1) is 25.3. The van der Waals surface area contributed by atoms with Crippen LogP contribution < -0.4 is 10.3 Å². The van der Waals surface area contributed by atoms with Gasteiger partial charge >= 0.3 is 6.18 Å². The van der Waals surface area contributed by atoms with Crippen molar-refractivity contribution in [2.45, 2.75) is 19.6 Å². The molecular weight excluding hydrogens is 499 g/mol. The van der Waals surface area contributed by atoms with Crippen LogP contribution in [0.25, 0.3) is 11.2 Å². The predicted octanol–water partition coefficient (Wildman–Crippen LogP) is 4.32. The van der Waals surface area contributed by atoms with Crippen molar-refractivity contribution in [2.24, 2.45) is 5.10 Å². The Labute approximate surface area is 216 Å². The molecule has 12 heteroatoms. The predicted molar refractivity (Wildman–Crippen MR) is 137 cm³/mol. The Hall–Kier alpha value is -4.32. The van der Waals surface area contributed by atoms with E-state index in [1.54, 1.807) is 6.21 Å². The molecule has 1 saturated heterocycles. The Balaban J connectivity index is 1.49. The molecule has 0 spiro atoms. The quantitative estimate of drug-likeness (QED) is 0.219. The van der Waals surface area contributed by atoms with Crippen LogP contribution in [0, 0.1) is 6.92 Å². The summed E-state index contributed by atoms with van der Waals surface area (Å²) >= 11 is 0. The number of nitrogens with one attached hydrogen (secondary N) is 1. The number of ketones is 1. The molecule has 196 valence electrons. The maximum Gasteiger partial charge on any atom is 0.417 e. The van der Waals surface area contributed by atoms with Crippen LogP contribution in [-0.2, 0) is 17.5 Å². The van der Waals surface area contributed by atoms with E-state index in [-0.39, 0.29) is 6.54 Å². The van der Waals surface area contributed by atoms with Crippen molar-refractivity contribution in [1.82, 2.24) is 19.5 Å². The minimum Gasteiger partial charge on any atom is -0.378 e. The van der Waals surface area contributed by atoms with Crippen LogP contribution in [0.5, 0.6) is 0 Å². The molecule has 2 aromatic heterocycles. The molecule has 9 nitrogen and oxygen atoms in total. The highest BCUT2D eigenvalue weighted by Crippen LogP contribution is 2.32. The zero-order valence-corrected chi connectivity index (χ0v) is 20.4. The number of ether oxygens (including phenoxy) is 1. The van der Waals surface area contributed by atoms with Crippen molar-refractivity contribution in [3.05, 3.63) is 77.1 Å². The van der Waals surface area contributed by atoms with Crippen molar-refractivity contribution in [3.63, 3.8) is 0 Å². The number of fused-ring (bicyclic) bond motifs is 1. The SMILES string of the molecule is Cc1cccc(/C=N/Nc2nc(N3CCOCC3)nc3c2ncn3CC(=O)c2ccccc2C(F)(F)F)c1. The summed E-state index contributed by atoms with van der Waals surface area (Å²) in [5.74, 6) is -0.0306. The second-order valence-electron chi connectivity index (χ2n) is 8.77. The van der Waals surface area contributed by atoms with E-state index in [1.807, 2.05) is 36.1 Å². The monoisotopic (exact) mass is 523 g/mol. The van der Waals surface area contributed by atoms with Crippen molar-refractivity contribution < 1.29 is 22.7 Å². The number of carbonyl (C=O) groups is 1. The van der Waals surface area contributed by atoms with Gasteiger partial charge in [0.05, 0.1) is 37.9 Å². The molecule has 2 aromatic carbocycles. The maximum atomic E-state index is 13.5. The molecule has 38 heavy (non-hydrogen) atoms. The largest absolute Gasteiger partial charge is 0.417 e. The third-order valence-corrected chi connectivity index (χ3v) is 6.02. The zero-order valence-electron chi connectivity index (χ0n) is 20.4. The number of hydrogen-bond donors (Lipinski definition) is 1. The summed E-state index contributed by atoms with van der Waals surface area (Å²) in [7, 11) is 0. The lowest BCUT2D eigenvalue weighted by molar-refractivity contribution is -0.137. The number of alkyl halides is 3. The minimum absolute atomic E-state index is 0.299. The number of anilines is 2. The molecule has 0 atom stereocenters. The number of nitrogens with zero attached hydrogens (tertiary/aromatic N) is 6. The van der Waals surface area contributed by atoms with Gasteiger partial charge in [-0.2, -0.15) is 28.2 Å². The number of Topliss-reactive ketones (excluding diaryl/α,β-unsaturated/α-hetero) is 1. The van der Waals surface area contributed by atoms with E-state index in [4.69, 9.17) is 4.74 Å². The third-order valence-electron chi connectivity index (χ3n) is 6.02. The Morgan fingerprint density at radius 2 is 1.92 bits per heavy atom. The number of aromatic nitrogens is 4. The smallest absolute Gasteiger partial charge is 0.378 e. The average Bonchev–Trinajstić information content (AvgIpc) is 3.31. The molecule has 0 saturated carbocycles. The average molecular weight is 524 g/mol. The Morgan fingerprint density at radius 1 is 1.13 bits per heavy atom. The summed E-state index contributed by atoms with van der Waals surface area (Å²) < 4.78 is 47.3. The highest BCUT2D eigenvalue weighted by atomic mass is 19.4. The van der Waals surface area contributed by atoms with E-state index in [9.17, 15) is 18.0 Å². The number of rotatable bonds is 7. The fourth-order valence-corrected chi connectivity index (χ4v) is 4.16. The van der Waals surface area contributed by atoms with Gasteiger partial charge in [-0.25, -0.2) is 4.98 Å². The number of hydrazone groups is 1. The Morgan fingerprint density at radius 3 is 2.68 bits per heavy atom. The Bertz CT molecular complexity index is 1490. The van der Waals surface area contributed by atoms with Gasteiger partial charge in [0.15, 0.2) is 22.8 Å². The van der Waals surface area contributed by atoms with E-state index >= 15 is 0 Å². The highest BCUT2D eigenvalue weighted by molar-refractivity contribution is 5.98. The van der Waals surface area contributed by atoms with E-state index in [1.165, 1.54) is 29.1 Å². The van der Waals surface area contributed by atoms with Gasteiger partial charge in [-0.1, -0.05) is 48.0 Å². The van der Waals surface area contributed by atoms with Crippen LogP contribution in [0.4, 0.5) is 24.9 Å². The molecule has 4 aromatic rings. The molecule has 0 aliphatic carbocycles. The molecule has 0 bridgehead atoms. The van der Waals surface area contributed by atoms with Crippen molar-refractivity contribution in [3.8, 4) is 0 Å². The van der Waals surface area contributed by atoms with Crippen LogP contribution in [0.1, 0.15) is 27.0 Å². The standard InChI is InChI=1S/C26H24F3N7O2/c1-17-5-4-6-18(13-17)14-31-34-23-22-24(33-25(32-23)35-9-11-38-12-10-35)36(16-30-22)15-21(37)19-7-2-3-8-20(19)26(27,28)29/h2-8,13-14,16H,9-12,15H2,1H3,(H,32,33,34)/b31-14+. The summed E-state index contributed by atoms with van der Waals surface area (Å²) in [5.41, 5.74) is 4.12. The highest BCUT2D eigenvalue weighted by Gasteiger charge is 2.35. The molecular formula is C26H24F3N7O2. The molecule has 0 amide bonds. The van der Waals surface area contributed by atoms with E-state index in [2.05, 4.69) is 25.5 Å². The number of aryl methyl sites for hydroxylation is 1. The van der Waals surface area contributed by atoms with Crippen LogP contribution in [0.3, 0.4) is 0 Å². The number of carbonyl (C=O) groups excluding carboxylic acids is 1. The van der Waals surface area contributed by atoms with Gasteiger partial charge in [0, 0.05) is 18.7 Å². The number of morpholine rings is 1. The third kappa shape index (κ3) is 5.49. The first-order valence-electron chi connectivity index (χ1n) is 11.9. The fourth-order valence-electron chi connectivity index (χ4n) is 4.16. The lowest BCUT2D eigenvalue weighted by atomic mass is 10.0. The van der Waals surface area contributed by atoms with Crippen LogP contribution in [0.2, 0.25) is 0 Å². The van der Waals surface area contributed by atoms with Gasteiger partial charge in [-0.3, -0.25) is 10.2 Å².